The van der Waals surface area contributed by atoms with E-state index in [1.54, 1.807) is 19.5 Å². The van der Waals surface area contributed by atoms with Crippen LogP contribution in [0, 0.1) is 0 Å². The van der Waals surface area contributed by atoms with Crippen LogP contribution >= 0.6 is 0 Å². The van der Waals surface area contributed by atoms with Gasteiger partial charge in [0.25, 0.3) is 0 Å². The number of amides is 2. The maximum Gasteiger partial charge on any atom is 0.222 e. The van der Waals surface area contributed by atoms with Crippen LogP contribution in [0.15, 0.2) is 79.1 Å². The summed E-state index contributed by atoms with van der Waals surface area (Å²) in [5.41, 5.74) is 3.38. The summed E-state index contributed by atoms with van der Waals surface area (Å²) in [6.07, 6.45) is 5.92. The molecule has 1 fully saturated rings. The van der Waals surface area contributed by atoms with Crippen molar-refractivity contribution in [2.24, 2.45) is 0 Å². The van der Waals surface area contributed by atoms with Gasteiger partial charge in [-0.15, -0.1) is 0 Å². The van der Waals surface area contributed by atoms with Gasteiger partial charge in [-0.2, -0.15) is 0 Å². The number of aryl methyl sites for hydroxylation is 1. The SMILES string of the molecule is COc1ccc(CCC(=O)N2CCCN(Cc3ccncc3)C(c3ccccc3)CC(=O)NCC2)cc1. The molecular formula is C30H36N4O3. The molecule has 1 atom stereocenters. The van der Waals surface area contributed by atoms with E-state index in [1.165, 1.54) is 0 Å². The van der Waals surface area contributed by atoms with Crippen LogP contribution < -0.4 is 10.1 Å². The summed E-state index contributed by atoms with van der Waals surface area (Å²) in [7, 11) is 1.65. The van der Waals surface area contributed by atoms with Crippen molar-refractivity contribution in [3.63, 3.8) is 0 Å². The molecule has 1 aromatic heterocycles. The third-order valence-electron chi connectivity index (χ3n) is 6.86. The second-order valence-electron chi connectivity index (χ2n) is 9.39. The molecule has 2 aromatic carbocycles. The van der Waals surface area contributed by atoms with Crippen molar-refractivity contribution in [2.75, 3.05) is 33.3 Å². The minimum Gasteiger partial charge on any atom is -0.497 e. The molecule has 194 valence electrons. The topological polar surface area (TPSA) is 74.8 Å². The van der Waals surface area contributed by atoms with Gasteiger partial charge >= 0.3 is 0 Å². The zero-order valence-electron chi connectivity index (χ0n) is 21.5. The number of carbonyl (C=O) groups excluding carboxylic acids is 2. The van der Waals surface area contributed by atoms with Gasteiger partial charge in [0.05, 0.1) is 7.11 Å². The first-order valence-corrected chi connectivity index (χ1v) is 13.0. The lowest BCUT2D eigenvalue weighted by molar-refractivity contribution is -0.131. The zero-order valence-corrected chi connectivity index (χ0v) is 21.5. The molecule has 7 nitrogen and oxygen atoms in total. The van der Waals surface area contributed by atoms with Crippen LogP contribution in [0.1, 0.15) is 42.0 Å². The Morgan fingerprint density at radius 3 is 2.46 bits per heavy atom. The lowest BCUT2D eigenvalue weighted by Gasteiger charge is -2.32. The van der Waals surface area contributed by atoms with Crippen LogP contribution in [0.2, 0.25) is 0 Å². The number of methoxy groups -OCH3 is 1. The fraction of sp³-hybridized carbons (Fsp3) is 0.367. The number of aromatic nitrogens is 1. The highest BCUT2D eigenvalue weighted by atomic mass is 16.5. The molecule has 37 heavy (non-hydrogen) atoms. The number of benzene rings is 2. The van der Waals surface area contributed by atoms with Gasteiger partial charge in [0.15, 0.2) is 0 Å². The van der Waals surface area contributed by atoms with E-state index < -0.39 is 0 Å². The van der Waals surface area contributed by atoms with Crippen molar-refractivity contribution in [1.29, 1.82) is 0 Å². The monoisotopic (exact) mass is 500 g/mol. The summed E-state index contributed by atoms with van der Waals surface area (Å²) >= 11 is 0. The third kappa shape index (κ3) is 7.89. The third-order valence-corrected chi connectivity index (χ3v) is 6.86. The minimum atomic E-state index is -0.0494. The Labute approximate surface area is 219 Å². The highest BCUT2D eigenvalue weighted by Crippen LogP contribution is 2.27. The zero-order chi connectivity index (χ0) is 25.9. The van der Waals surface area contributed by atoms with Crippen molar-refractivity contribution < 1.29 is 14.3 Å². The number of nitrogens with zero attached hydrogens (tertiary/aromatic N) is 3. The van der Waals surface area contributed by atoms with E-state index in [9.17, 15) is 9.59 Å². The van der Waals surface area contributed by atoms with Crippen molar-refractivity contribution in [1.82, 2.24) is 20.1 Å². The van der Waals surface area contributed by atoms with E-state index in [2.05, 4.69) is 27.3 Å². The molecule has 2 heterocycles. The Morgan fingerprint density at radius 1 is 0.973 bits per heavy atom. The van der Waals surface area contributed by atoms with Gasteiger partial charge in [0, 0.05) is 64.0 Å². The van der Waals surface area contributed by atoms with Gasteiger partial charge in [0.2, 0.25) is 11.8 Å². The molecule has 1 aliphatic rings. The Morgan fingerprint density at radius 2 is 1.73 bits per heavy atom. The molecule has 0 spiro atoms. The van der Waals surface area contributed by atoms with Crippen molar-refractivity contribution in [2.45, 2.75) is 38.3 Å². The number of hydrogen-bond acceptors (Lipinski definition) is 5. The average molecular weight is 501 g/mol. The van der Waals surface area contributed by atoms with Gasteiger partial charge in [-0.05, 0) is 53.8 Å². The standard InChI is InChI=1S/C30H36N4O3/c1-37-27-11-8-24(9-12-27)10-13-30(36)33-19-5-20-34(23-25-14-16-31-17-15-25)28(22-29(35)32-18-21-33)26-6-3-2-4-7-26/h2-4,6-9,11-12,14-17,28H,5,10,13,18-23H2,1H3,(H,32,35). The van der Waals surface area contributed by atoms with Gasteiger partial charge in [-0.25, -0.2) is 0 Å². The lowest BCUT2D eigenvalue weighted by atomic mass is 10.00. The van der Waals surface area contributed by atoms with Crippen LogP contribution in [-0.2, 0) is 22.6 Å². The Kier molecular flexibility index (Phi) is 9.66. The van der Waals surface area contributed by atoms with Crippen molar-refractivity contribution >= 4 is 11.8 Å². The fourth-order valence-electron chi connectivity index (χ4n) is 4.81. The molecule has 0 radical (unpaired) electrons. The van der Waals surface area contributed by atoms with E-state index in [1.807, 2.05) is 59.5 Å². The smallest absolute Gasteiger partial charge is 0.222 e. The van der Waals surface area contributed by atoms with Gasteiger partial charge in [0.1, 0.15) is 5.75 Å². The molecule has 1 saturated heterocycles. The Bertz CT molecular complexity index is 1120. The quantitative estimate of drug-likeness (QED) is 0.531. The first-order valence-electron chi connectivity index (χ1n) is 13.0. The summed E-state index contributed by atoms with van der Waals surface area (Å²) in [6, 6.07) is 22.0. The minimum absolute atomic E-state index is 0.00103. The van der Waals surface area contributed by atoms with E-state index in [-0.39, 0.29) is 17.9 Å². The maximum atomic E-state index is 13.2. The second-order valence-corrected chi connectivity index (χ2v) is 9.39. The van der Waals surface area contributed by atoms with Crippen LogP contribution in [0.3, 0.4) is 0 Å². The van der Waals surface area contributed by atoms with Crippen LogP contribution in [0.5, 0.6) is 5.75 Å². The average Bonchev–Trinajstić information content (AvgIpc) is 2.97. The number of nitrogens with one attached hydrogen (secondary N) is 1. The number of ether oxygens (including phenoxy) is 1. The molecule has 7 heteroatoms. The van der Waals surface area contributed by atoms with Crippen LogP contribution in [-0.4, -0.2) is 59.9 Å². The number of carbonyl (C=O) groups is 2. The van der Waals surface area contributed by atoms with Crippen LogP contribution in [0.25, 0.3) is 0 Å². The lowest BCUT2D eigenvalue weighted by Crippen LogP contribution is -2.39. The van der Waals surface area contributed by atoms with E-state index >= 15 is 0 Å². The van der Waals surface area contributed by atoms with E-state index in [0.29, 0.717) is 45.4 Å². The predicted octanol–water partition coefficient (Wildman–Crippen LogP) is 4.00. The largest absolute Gasteiger partial charge is 0.497 e. The molecule has 1 aliphatic heterocycles. The molecule has 1 unspecified atom stereocenters. The maximum absolute atomic E-state index is 13.2. The molecular weight excluding hydrogens is 464 g/mol. The van der Waals surface area contributed by atoms with Crippen molar-refractivity contribution in [3.8, 4) is 5.75 Å². The highest BCUT2D eigenvalue weighted by molar-refractivity contribution is 5.78. The molecule has 0 aliphatic carbocycles. The molecule has 0 bridgehead atoms. The van der Waals surface area contributed by atoms with Crippen LogP contribution in [0.4, 0.5) is 0 Å². The molecule has 3 aromatic rings. The van der Waals surface area contributed by atoms with Gasteiger partial charge in [-0.1, -0.05) is 42.5 Å². The van der Waals surface area contributed by atoms with Gasteiger partial charge < -0.3 is 15.0 Å². The van der Waals surface area contributed by atoms with E-state index in [0.717, 1.165) is 35.4 Å². The number of rotatable bonds is 7. The van der Waals surface area contributed by atoms with Gasteiger partial charge in [-0.3, -0.25) is 19.5 Å². The number of hydrogen-bond donors (Lipinski definition) is 1. The summed E-state index contributed by atoms with van der Waals surface area (Å²) in [4.78, 5) is 34.5. The summed E-state index contributed by atoms with van der Waals surface area (Å²) in [6.45, 7) is 3.12. The molecule has 1 N–H and O–H groups in total. The fourth-order valence-corrected chi connectivity index (χ4v) is 4.81. The highest BCUT2D eigenvalue weighted by Gasteiger charge is 2.25. The van der Waals surface area contributed by atoms with E-state index in [4.69, 9.17) is 4.74 Å². The molecule has 0 saturated carbocycles. The molecule has 2 amide bonds. The Hall–Kier alpha value is -3.71. The summed E-state index contributed by atoms with van der Waals surface area (Å²) < 4.78 is 5.22. The summed E-state index contributed by atoms with van der Waals surface area (Å²) in [5, 5.41) is 3.05. The molecule has 4 rings (SSSR count). The predicted molar refractivity (Wildman–Crippen MR) is 144 cm³/mol. The van der Waals surface area contributed by atoms with Crippen molar-refractivity contribution in [3.05, 3.63) is 95.8 Å². The second kappa shape index (κ2) is 13.6. The number of pyridine rings is 1. The Balaban J connectivity index is 1.46. The normalized spacial score (nSPS) is 17.5. The first kappa shape index (κ1) is 26.4. The summed E-state index contributed by atoms with van der Waals surface area (Å²) in [5.74, 6) is 0.925. The first-order chi connectivity index (χ1) is 18.1.